The van der Waals surface area contributed by atoms with Crippen LogP contribution in [0.5, 0.6) is 0 Å². The van der Waals surface area contributed by atoms with Crippen LogP contribution >= 0.6 is 11.8 Å². The number of hydrogen-bond acceptors (Lipinski definition) is 6. The Kier molecular flexibility index (Phi) is 7.77. The minimum absolute atomic E-state index is 0.0877. The second-order valence-corrected chi connectivity index (χ2v) is 11.9. The van der Waals surface area contributed by atoms with Gasteiger partial charge >= 0.3 is 0 Å². The third kappa shape index (κ3) is 5.60. The van der Waals surface area contributed by atoms with Gasteiger partial charge in [-0.25, -0.2) is 0 Å². The molecule has 6 nitrogen and oxygen atoms in total. The van der Waals surface area contributed by atoms with Crippen LogP contribution in [0.15, 0.2) is 0 Å². The van der Waals surface area contributed by atoms with Gasteiger partial charge in [-0.15, -0.1) is 11.8 Å². The van der Waals surface area contributed by atoms with Crippen molar-refractivity contribution >= 4 is 17.7 Å². The number of rotatable bonds is 5. The highest BCUT2D eigenvalue weighted by Crippen LogP contribution is 2.40. The van der Waals surface area contributed by atoms with Crippen LogP contribution in [0.3, 0.4) is 0 Å². The maximum atomic E-state index is 13.1. The van der Waals surface area contributed by atoms with E-state index in [9.17, 15) is 4.79 Å². The summed E-state index contributed by atoms with van der Waals surface area (Å²) in [5.74, 6) is 0.916. The summed E-state index contributed by atoms with van der Waals surface area (Å²) in [5.41, 5.74) is 0. The van der Waals surface area contributed by atoms with Crippen molar-refractivity contribution in [1.82, 2.24) is 21.3 Å². The van der Waals surface area contributed by atoms with E-state index in [0.29, 0.717) is 34.7 Å². The summed E-state index contributed by atoms with van der Waals surface area (Å²) < 4.78 is 6.28. The maximum absolute atomic E-state index is 13.1. The number of nitrogens with one attached hydrogen (secondary N) is 4. The monoisotopic (exact) mass is 450 g/mol. The number of amides is 1. The average molecular weight is 451 g/mol. The molecule has 31 heavy (non-hydrogen) atoms. The van der Waals surface area contributed by atoms with Gasteiger partial charge in [-0.2, -0.15) is 0 Å². The SMILES string of the molecule is O=C(NC1CCCCC1C1NC2CCNCC2S1)C1CCC(OC2CCCCC2)NC1. The molecule has 7 unspecified atom stereocenters. The normalized spacial score (nSPS) is 42.1. The van der Waals surface area contributed by atoms with Crippen molar-refractivity contribution < 1.29 is 9.53 Å². The van der Waals surface area contributed by atoms with E-state index in [1.807, 2.05) is 0 Å². The lowest BCUT2D eigenvalue weighted by molar-refractivity contribution is -0.129. The summed E-state index contributed by atoms with van der Waals surface area (Å²) in [5, 5.41) is 15.7. The van der Waals surface area contributed by atoms with Crippen LogP contribution in [0.1, 0.15) is 77.0 Å². The molecule has 0 radical (unpaired) electrons. The fourth-order valence-electron chi connectivity index (χ4n) is 6.43. The van der Waals surface area contributed by atoms with Crippen molar-refractivity contribution in [2.24, 2.45) is 11.8 Å². The summed E-state index contributed by atoms with van der Waals surface area (Å²) in [6.45, 7) is 3.01. The molecule has 5 rings (SSSR count). The largest absolute Gasteiger partial charge is 0.360 e. The zero-order chi connectivity index (χ0) is 21.0. The molecule has 0 aromatic rings. The van der Waals surface area contributed by atoms with Crippen molar-refractivity contribution in [2.75, 3.05) is 19.6 Å². The van der Waals surface area contributed by atoms with Crippen LogP contribution in [0.25, 0.3) is 0 Å². The number of carbonyl (C=O) groups is 1. The van der Waals surface area contributed by atoms with Gasteiger partial charge in [-0.05, 0) is 51.5 Å². The summed E-state index contributed by atoms with van der Waals surface area (Å²) in [6.07, 6.45) is 15.0. The van der Waals surface area contributed by atoms with Gasteiger partial charge in [0.1, 0.15) is 6.23 Å². The molecule has 3 heterocycles. The zero-order valence-corrected chi connectivity index (χ0v) is 19.8. The van der Waals surface area contributed by atoms with E-state index in [1.54, 1.807) is 0 Å². The van der Waals surface area contributed by atoms with Gasteiger partial charge < -0.3 is 20.7 Å². The van der Waals surface area contributed by atoms with Crippen LogP contribution in [0.4, 0.5) is 0 Å². The van der Waals surface area contributed by atoms with E-state index in [-0.39, 0.29) is 18.1 Å². The Morgan fingerprint density at radius 2 is 1.74 bits per heavy atom. The van der Waals surface area contributed by atoms with Gasteiger partial charge in [0.05, 0.1) is 17.4 Å². The molecule has 4 N–H and O–H groups in total. The number of piperidine rings is 2. The third-order valence-corrected chi connectivity index (χ3v) is 9.93. The van der Waals surface area contributed by atoms with Crippen LogP contribution in [0.2, 0.25) is 0 Å². The first-order valence-electron chi connectivity index (χ1n) is 13.1. The molecule has 7 heteroatoms. The lowest BCUT2D eigenvalue weighted by Crippen LogP contribution is -2.53. The molecule has 0 bridgehead atoms. The van der Waals surface area contributed by atoms with Crippen molar-refractivity contribution in [3.8, 4) is 0 Å². The second kappa shape index (κ2) is 10.7. The quantitative estimate of drug-likeness (QED) is 0.516. The van der Waals surface area contributed by atoms with E-state index in [2.05, 4.69) is 33.0 Å². The Morgan fingerprint density at radius 1 is 0.903 bits per heavy atom. The van der Waals surface area contributed by atoms with Gasteiger partial charge in [-0.3, -0.25) is 10.1 Å². The molecule has 0 aromatic heterocycles. The molecule has 7 atom stereocenters. The lowest BCUT2D eigenvalue weighted by Gasteiger charge is -2.38. The first-order valence-corrected chi connectivity index (χ1v) is 14.0. The number of hydrogen-bond donors (Lipinski definition) is 4. The number of carbonyl (C=O) groups excluding carboxylic acids is 1. The van der Waals surface area contributed by atoms with Crippen LogP contribution < -0.4 is 21.3 Å². The van der Waals surface area contributed by atoms with Gasteiger partial charge in [0, 0.05) is 36.3 Å². The molecular formula is C24H42N4O2S. The van der Waals surface area contributed by atoms with E-state index < -0.39 is 0 Å². The standard InChI is InChI=1S/C24H42N4O2S/c29-23(16-10-11-22(26-14-16)30-17-6-2-1-3-7-17)27-19-9-5-4-8-18(19)24-28-20-12-13-25-15-21(20)31-24/h16-22,24-26,28H,1-15H2,(H,27,29). The number of fused-ring (bicyclic) bond motifs is 1. The first-order chi connectivity index (χ1) is 15.3. The van der Waals surface area contributed by atoms with Crippen molar-refractivity contribution in [3.63, 3.8) is 0 Å². The Morgan fingerprint density at radius 3 is 2.55 bits per heavy atom. The van der Waals surface area contributed by atoms with E-state index in [0.717, 1.165) is 38.9 Å². The Balaban J connectivity index is 1.10. The minimum atomic E-state index is 0.0877. The molecule has 176 valence electrons. The Labute approximate surface area is 192 Å². The fraction of sp³-hybridized carbons (Fsp3) is 0.958. The van der Waals surface area contributed by atoms with Gasteiger partial charge in [0.2, 0.25) is 5.91 Å². The third-order valence-electron chi connectivity index (χ3n) is 8.31. The van der Waals surface area contributed by atoms with Crippen molar-refractivity contribution in [1.29, 1.82) is 0 Å². The molecular weight excluding hydrogens is 408 g/mol. The van der Waals surface area contributed by atoms with Crippen molar-refractivity contribution in [2.45, 2.75) is 112 Å². The topological polar surface area (TPSA) is 74.4 Å². The van der Waals surface area contributed by atoms with Crippen LogP contribution in [0, 0.1) is 11.8 Å². The molecule has 0 spiro atoms. The fourth-order valence-corrected chi connectivity index (χ4v) is 8.21. The summed E-state index contributed by atoms with van der Waals surface area (Å²) >= 11 is 2.13. The average Bonchev–Trinajstić information content (AvgIpc) is 3.25. The number of ether oxygens (including phenoxy) is 1. The lowest BCUT2D eigenvalue weighted by atomic mass is 9.83. The van der Waals surface area contributed by atoms with E-state index in [4.69, 9.17) is 4.74 Å². The van der Waals surface area contributed by atoms with Gasteiger partial charge in [0.15, 0.2) is 0 Å². The van der Waals surface area contributed by atoms with Crippen LogP contribution in [-0.2, 0) is 9.53 Å². The van der Waals surface area contributed by atoms with Crippen LogP contribution in [-0.4, -0.2) is 60.6 Å². The first kappa shape index (κ1) is 22.5. The molecule has 1 amide bonds. The second-order valence-electron chi connectivity index (χ2n) is 10.5. The molecule has 2 saturated carbocycles. The predicted molar refractivity (Wildman–Crippen MR) is 126 cm³/mol. The molecule has 3 aliphatic heterocycles. The number of thioether (sulfide) groups is 1. The smallest absolute Gasteiger partial charge is 0.224 e. The molecule has 2 aliphatic carbocycles. The zero-order valence-electron chi connectivity index (χ0n) is 19.0. The predicted octanol–water partition coefficient (Wildman–Crippen LogP) is 2.73. The maximum Gasteiger partial charge on any atom is 0.224 e. The van der Waals surface area contributed by atoms with E-state index in [1.165, 1.54) is 57.8 Å². The summed E-state index contributed by atoms with van der Waals surface area (Å²) in [4.78, 5) is 13.1. The summed E-state index contributed by atoms with van der Waals surface area (Å²) in [7, 11) is 0. The molecule has 3 saturated heterocycles. The minimum Gasteiger partial charge on any atom is -0.360 e. The van der Waals surface area contributed by atoms with Gasteiger partial charge in [-0.1, -0.05) is 32.1 Å². The van der Waals surface area contributed by atoms with Gasteiger partial charge in [0.25, 0.3) is 0 Å². The van der Waals surface area contributed by atoms with Crippen molar-refractivity contribution in [3.05, 3.63) is 0 Å². The molecule has 5 fully saturated rings. The Bertz CT molecular complexity index is 580. The highest BCUT2D eigenvalue weighted by molar-refractivity contribution is 8.00. The van der Waals surface area contributed by atoms with E-state index >= 15 is 0 Å². The molecule has 0 aromatic carbocycles. The highest BCUT2D eigenvalue weighted by Gasteiger charge is 2.43. The summed E-state index contributed by atoms with van der Waals surface area (Å²) in [6, 6.07) is 0.980. The Hall–Kier alpha value is -0.340. The molecule has 5 aliphatic rings. The highest BCUT2D eigenvalue weighted by atomic mass is 32.2.